The topological polar surface area (TPSA) is 96.3 Å². The maximum absolute atomic E-state index is 12.3. The largest absolute Gasteiger partial charge is 0.497 e. The number of carbonyl (C=O) groups excluding carboxylic acids is 1. The van der Waals surface area contributed by atoms with Crippen LogP contribution < -0.4 is 9.47 Å². The van der Waals surface area contributed by atoms with Gasteiger partial charge in [0.05, 0.1) is 25.3 Å². The average molecular weight is 404 g/mol. The van der Waals surface area contributed by atoms with E-state index in [4.69, 9.17) is 9.47 Å². The molecule has 3 aromatic rings. The van der Waals surface area contributed by atoms with Gasteiger partial charge in [-0.1, -0.05) is 15.9 Å². The van der Waals surface area contributed by atoms with Crippen molar-refractivity contribution in [1.82, 2.24) is 4.98 Å². The van der Waals surface area contributed by atoms with Crippen molar-refractivity contribution in [2.24, 2.45) is 10.2 Å². The van der Waals surface area contributed by atoms with E-state index in [-0.39, 0.29) is 17.1 Å². The van der Waals surface area contributed by atoms with Crippen LogP contribution in [-0.4, -0.2) is 30.2 Å². The molecule has 2 aromatic carbocycles. The molecule has 1 aromatic heterocycles. The first-order valence-electron chi connectivity index (χ1n) is 7.21. The van der Waals surface area contributed by atoms with Gasteiger partial charge in [0.2, 0.25) is 5.88 Å². The Balaban J connectivity index is 1.96. The summed E-state index contributed by atoms with van der Waals surface area (Å²) >= 11 is 3.36. The third kappa shape index (κ3) is 3.48. The van der Waals surface area contributed by atoms with Crippen LogP contribution in [0.2, 0.25) is 0 Å². The van der Waals surface area contributed by atoms with Crippen molar-refractivity contribution in [2.75, 3.05) is 14.2 Å². The molecule has 0 radical (unpaired) electrons. The Morgan fingerprint density at radius 3 is 2.44 bits per heavy atom. The van der Waals surface area contributed by atoms with E-state index in [1.54, 1.807) is 18.2 Å². The van der Waals surface area contributed by atoms with Crippen molar-refractivity contribution in [3.8, 4) is 17.4 Å². The lowest BCUT2D eigenvalue weighted by Crippen LogP contribution is -1.96. The van der Waals surface area contributed by atoms with Gasteiger partial charge in [-0.05, 0) is 30.3 Å². The number of amides is 1. The van der Waals surface area contributed by atoms with Gasteiger partial charge in [0, 0.05) is 15.9 Å². The number of aromatic amines is 1. The van der Waals surface area contributed by atoms with Crippen molar-refractivity contribution in [2.45, 2.75) is 0 Å². The number of azo groups is 1. The fraction of sp³-hybridized carbons (Fsp3) is 0.118. The Morgan fingerprint density at radius 2 is 1.80 bits per heavy atom. The molecular weight excluding hydrogens is 390 g/mol. The Kier molecular flexibility index (Phi) is 4.71. The molecular formula is C17H14BrN3O4. The molecule has 1 amide bonds. The molecule has 8 heteroatoms. The molecule has 7 nitrogen and oxygen atoms in total. The molecule has 0 aliphatic rings. The molecule has 128 valence electrons. The fourth-order valence-electron chi connectivity index (χ4n) is 2.32. The number of methoxy groups -OCH3 is 2. The minimum absolute atomic E-state index is 0.159. The number of halogens is 1. The zero-order valence-corrected chi connectivity index (χ0v) is 15.0. The van der Waals surface area contributed by atoms with E-state index < -0.39 is 5.91 Å². The molecule has 1 heterocycles. The van der Waals surface area contributed by atoms with Gasteiger partial charge in [0.15, 0.2) is 5.69 Å². The third-order valence-electron chi connectivity index (χ3n) is 3.55. The molecule has 0 spiro atoms. The number of H-pyrrole nitrogens is 1. The van der Waals surface area contributed by atoms with E-state index in [1.165, 1.54) is 26.4 Å². The van der Waals surface area contributed by atoms with Crippen LogP contribution in [0.3, 0.4) is 0 Å². The normalized spacial score (nSPS) is 11.2. The first-order valence-corrected chi connectivity index (χ1v) is 8.00. The molecule has 0 aliphatic carbocycles. The standard InChI is InChI=1S/C17H14BrN3O4/c1-24-11-5-9(6-12(8-11)25-2)16(22)21-20-15-13-7-10(18)3-4-14(13)19-17(15)23/h3-8,19,23H,1-2H3. The monoisotopic (exact) mass is 403 g/mol. The molecule has 0 unspecified atom stereocenters. The SMILES string of the molecule is COc1cc(OC)cc(C(=O)N=Nc2c(O)[nH]c3ccc(Br)cc23)c1. The van der Waals surface area contributed by atoms with Gasteiger partial charge in [-0.25, -0.2) is 0 Å². The quantitative estimate of drug-likeness (QED) is 0.623. The molecule has 0 aliphatic heterocycles. The summed E-state index contributed by atoms with van der Waals surface area (Å²) in [4.78, 5) is 15.1. The highest BCUT2D eigenvalue weighted by Crippen LogP contribution is 2.37. The number of aromatic nitrogens is 1. The summed E-state index contributed by atoms with van der Waals surface area (Å²) in [5, 5.41) is 18.3. The van der Waals surface area contributed by atoms with Crippen LogP contribution in [0.5, 0.6) is 17.4 Å². The van der Waals surface area contributed by atoms with Crippen molar-refractivity contribution < 1.29 is 19.4 Å². The van der Waals surface area contributed by atoms with Crippen LogP contribution in [0.25, 0.3) is 10.9 Å². The van der Waals surface area contributed by atoms with E-state index >= 15 is 0 Å². The second-order valence-corrected chi connectivity index (χ2v) is 6.03. The van der Waals surface area contributed by atoms with Crippen LogP contribution in [0.1, 0.15) is 10.4 Å². The van der Waals surface area contributed by atoms with Gasteiger partial charge in [-0.2, -0.15) is 0 Å². The summed E-state index contributed by atoms with van der Waals surface area (Å²) in [6.07, 6.45) is 0. The van der Waals surface area contributed by atoms with E-state index in [2.05, 4.69) is 31.1 Å². The fourth-order valence-corrected chi connectivity index (χ4v) is 2.68. The summed E-state index contributed by atoms with van der Waals surface area (Å²) in [5.74, 6) is 0.197. The highest BCUT2D eigenvalue weighted by atomic mass is 79.9. The van der Waals surface area contributed by atoms with E-state index in [0.29, 0.717) is 22.4 Å². The number of carbonyl (C=O) groups is 1. The number of ether oxygens (including phenoxy) is 2. The Bertz CT molecular complexity index is 959. The molecule has 2 N–H and O–H groups in total. The molecule has 25 heavy (non-hydrogen) atoms. The minimum atomic E-state index is -0.582. The number of hydrogen-bond donors (Lipinski definition) is 2. The van der Waals surface area contributed by atoms with Gasteiger partial charge in [-0.15, -0.1) is 10.2 Å². The Labute approximate surface area is 151 Å². The lowest BCUT2D eigenvalue weighted by Gasteiger charge is -2.05. The van der Waals surface area contributed by atoms with Gasteiger partial charge in [0.25, 0.3) is 5.91 Å². The minimum Gasteiger partial charge on any atom is -0.497 e. The zero-order valence-electron chi connectivity index (χ0n) is 13.4. The van der Waals surface area contributed by atoms with Gasteiger partial charge in [0.1, 0.15) is 11.5 Å². The molecule has 0 bridgehead atoms. The molecule has 0 fully saturated rings. The molecule has 0 saturated heterocycles. The summed E-state index contributed by atoms with van der Waals surface area (Å²) in [6.45, 7) is 0. The number of fused-ring (bicyclic) bond motifs is 1. The second-order valence-electron chi connectivity index (χ2n) is 5.12. The lowest BCUT2D eigenvalue weighted by atomic mass is 10.2. The van der Waals surface area contributed by atoms with Crippen LogP contribution in [0.4, 0.5) is 5.69 Å². The first kappa shape index (κ1) is 17.0. The van der Waals surface area contributed by atoms with E-state index in [9.17, 15) is 9.90 Å². The number of hydrogen-bond acceptors (Lipinski definition) is 5. The second kappa shape index (κ2) is 6.94. The average Bonchev–Trinajstić information content (AvgIpc) is 2.93. The molecule has 0 saturated carbocycles. The molecule has 0 atom stereocenters. The van der Waals surface area contributed by atoms with E-state index in [0.717, 1.165) is 4.47 Å². The Hall–Kier alpha value is -2.87. The highest BCUT2D eigenvalue weighted by molar-refractivity contribution is 9.10. The summed E-state index contributed by atoms with van der Waals surface area (Å²) in [7, 11) is 2.98. The maximum atomic E-state index is 12.3. The lowest BCUT2D eigenvalue weighted by molar-refractivity contribution is 0.0994. The number of benzene rings is 2. The van der Waals surface area contributed by atoms with Crippen LogP contribution in [0.15, 0.2) is 51.1 Å². The van der Waals surface area contributed by atoms with Crippen molar-refractivity contribution in [3.05, 3.63) is 46.4 Å². The van der Waals surface area contributed by atoms with Crippen molar-refractivity contribution >= 4 is 38.4 Å². The number of rotatable bonds is 4. The number of nitrogens with zero attached hydrogens (tertiary/aromatic N) is 2. The summed E-state index contributed by atoms with van der Waals surface area (Å²) in [5.41, 5.74) is 1.14. The van der Waals surface area contributed by atoms with Crippen LogP contribution in [-0.2, 0) is 0 Å². The summed E-state index contributed by atoms with van der Waals surface area (Å²) in [6, 6.07) is 10.1. The third-order valence-corrected chi connectivity index (χ3v) is 4.05. The summed E-state index contributed by atoms with van der Waals surface area (Å²) < 4.78 is 11.1. The maximum Gasteiger partial charge on any atom is 0.295 e. The smallest absolute Gasteiger partial charge is 0.295 e. The van der Waals surface area contributed by atoms with Crippen molar-refractivity contribution in [1.29, 1.82) is 0 Å². The van der Waals surface area contributed by atoms with Gasteiger partial charge >= 0.3 is 0 Å². The first-order chi connectivity index (χ1) is 12.0. The number of nitrogens with one attached hydrogen (secondary N) is 1. The van der Waals surface area contributed by atoms with E-state index in [1.807, 2.05) is 6.07 Å². The highest BCUT2D eigenvalue weighted by Gasteiger charge is 2.13. The zero-order chi connectivity index (χ0) is 18.0. The van der Waals surface area contributed by atoms with Gasteiger partial charge in [-0.3, -0.25) is 4.79 Å². The van der Waals surface area contributed by atoms with Crippen LogP contribution >= 0.6 is 15.9 Å². The van der Waals surface area contributed by atoms with Crippen LogP contribution in [0, 0.1) is 0 Å². The van der Waals surface area contributed by atoms with Gasteiger partial charge < -0.3 is 19.6 Å². The predicted octanol–water partition coefficient (Wildman–Crippen LogP) is 4.58. The predicted molar refractivity (Wildman–Crippen MR) is 96.1 cm³/mol. The van der Waals surface area contributed by atoms with Crippen molar-refractivity contribution in [3.63, 3.8) is 0 Å². The Morgan fingerprint density at radius 1 is 1.12 bits per heavy atom. The molecule has 3 rings (SSSR count). The number of aromatic hydroxyl groups is 1.